The highest BCUT2D eigenvalue weighted by atomic mass is 19.2. The maximum absolute atomic E-state index is 14.0. The van der Waals surface area contributed by atoms with Crippen LogP contribution in [0.1, 0.15) is 88.7 Å². The Morgan fingerprint density at radius 1 is 1.00 bits per heavy atom. The first-order chi connectivity index (χ1) is 13.2. The fourth-order valence-corrected chi connectivity index (χ4v) is 3.95. The summed E-state index contributed by atoms with van der Waals surface area (Å²) in [5.41, 5.74) is 0.159. The predicted molar refractivity (Wildman–Crippen MR) is 104 cm³/mol. The van der Waals surface area contributed by atoms with Crippen molar-refractivity contribution >= 4 is 0 Å². The Bertz CT molecular complexity index is 603. The van der Waals surface area contributed by atoms with Crippen molar-refractivity contribution < 1.29 is 13.5 Å². The van der Waals surface area contributed by atoms with Crippen molar-refractivity contribution in [2.75, 3.05) is 6.61 Å². The van der Waals surface area contributed by atoms with Crippen LogP contribution in [0.5, 0.6) is 0 Å². The van der Waals surface area contributed by atoms with Crippen LogP contribution in [0.25, 0.3) is 0 Å². The SMILES string of the molecule is CCCCCCCCOC1CCC(CCc2ccc(C#N)c(F)c2F)CC1. The van der Waals surface area contributed by atoms with Gasteiger partial charge in [0.15, 0.2) is 11.6 Å². The summed E-state index contributed by atoms with van der Waals surface area (Å²) < 4.78 is 33.7. The second kappa shape index (κ2) is 12.1. The topological polar surface area (TPSA) is 33.0 Å². The van der Waals surface area contributed by atoms with Gasteiger partial charge in [-0.3, -0.25) is 0 Å². The monoisotopic (exact) mass is 377 g/mol. The van der Waals surface area contributed by atoms with Crippen molar-refractivity contribution in [3.63, 3.8) is 0 Å². The molecule has 0 atom stereocenters. The van der Waals surface area contributed by atoms with E-state index in [4.69, 9.17) is 10.00 Å². The average molecular weight is 378 g/mol. The molecule has 0 bridgehead atoms. The van der Waals surface area contributed by atoms with Gasteiger partial charge in [-0.2, -0.15) is 5.26 Å². The zero-order chi connectivity index (χ0) is 19.5. The largest absolute Gasteiger partial charge is 0.378 e. The first-order valence-corrected chi connectivity index (χ1v) is 10.6. The number of benzene rings is 1. The third kappa shape index (κ3) is 7.22. The number of rotatable bonds is 11. The Kier molecular flexibility index (Phi) is 9.77. The maximum Gasteiger partial charge on any atom is 0.176 e. The first kappa shape index (κ1) is 21.8. The Morgan fingerprint density at radius 3 is 2.41 bits per heavy atom. The summed E-state index contributed by atoms with van der Waals surface area (Å²) in [5.74, 6) is -1.32. The highest BCUT2D eigenvalue weighted by Crippen LogP contribution is 2.30. The molecule has 2 rings (SSSR count). The number of hydrogen-bond acceptors (Lipinski definition) is 2. The van der Waals surface area contributed by atoms with E-state index in [1.807, 2.05) is 0 Å². The van der Waals surface area contributed by atoms with E-state index in [9.17, 15) is 8.78 Å². The molecule has 2 nitrogen and oxygen atoms in total. The molecule has 27 heavy (non-hydrogen) atoms. The van der Waals surface area contributed by atoms with Crippen molar-refractivity contribution in [2.24, 2.45) is 5.92 Å². The van der Waals surface area contributed by atoms with E-state index >= 15 is 0 Å². The normalized spacial score (nSPS) is 19.8. The van der Waals surface area contributed by atoms with Crippen LogP contribution in [0, 0.1) is 28.9 Å². The Hall–Kier alpha value is -1.47. The molecule has 0 radical (unpaired) electrons. The molecule has 1 aromatic rings. The van der Waals surface area contributed by atoms with Gasteiger partial charge in [0.2, 0.25) is 0 Å². The Labute approximate surface area is 162 Å². The average Bonchev–Trinajstić information content (AvgIpc) is 2.69. The minimum absolute atomic E-state index is 0.223. The molecule has 0 aromatic heterocycles. The second-order valence-corrected chi connectivity index (χ2v) is 7.83. The maximum atomic E-state index is 14.0. The summed E-state index contributed by atoms with van der Waals surface area (Å²) in [6.07, 6.45) is 13.8. The van der Waals surface area contributed by atoms with Crippen molar-refractivity contribution in [2.45, 2.75) is 90.1 Å². The van der Waals surface area contributed by atoms with Crippen LogP contribution in [0.2, 0.25) is 0 Å². The highest BCUT2D eigenvalue weighted by Gasteiger charge is 2.22. The molecule has 0 saturated heterocycles. The molecule has 1 saturated carbocycles. The Balaban J connectivity index is 1.61. The van der Waals surface area contributed by atoms with Gasteiger partial charge in [0.1, 0.15) is 6.07 Å². The molecule has 1 aliphatic carbocycles. The lowest BCUT2D eigenvalue weighted by Crippen LogP contribution is -2.22. The van der Waals surface area contributed by atoms with Gasteiger partial charge in [-0.1, -0.05) is 45.1 Å². The molecule has 0 N–H and O–H groups in total. The molecule has 0 spiro atoms. The zero-order valence-corrected chi connectivity index (χ0v) is 16.6. The van der Waals surface area contributed by atoms with Crippen LogP contribution >= 0.6 is 0 Å². The first-order valence-electron chi connectivity index (χ1n) is 10.6. The van der Waals surface area contributed by atoms with Gasteiger partial charge >= 0.3 is 0 Å². The summed E-state index contributed by atoms with van der Waals surface area (Å²) in [7, 11) is 0. The van der Waals surface area contributed by atoms with Gasteiger partial charge in [0.25, 0.3) is 0 Å². The molecule has 0 amide bonds. The summed E-state index contributed by atoms with van der Waals surface area (Å²) in [5, 5.41) is 8.75. The van der Waals surface area contributed by atoms with E-state index in [2.05, 4.69) is 6.92 Å². The second-order valence-electron chi connectivity index (χ2n) is 7.83. The smallest absolute Gasteiger partial charge is 0.176 e. The zero-order valence-electron chi connectivity index (χ0n) is 16.6. The van der Waals surface area contributed by atoms with Gasteiger partial charge in [0.05, 0.1) is 11.7 Å². The summed E-state index contributed by atoms with van der Waals surface area (Å²) in [4.78, 5) is 0. The molecule has 1 aliphatic rings. The van der Waals surface area contributed by atoms with Crippen LogP contribution in [-0.4, -0.2) is 12.7 Å². The van der Waals surface area contributed by atoms with Crippen molar-refractivity contribution in [1.82, 2.24) is 0 Å². The summed E-state index contributed by atoms with van der Waals surface area (Å²) in [6, 6.07) is 4.60. The van der Waals surface area contributed by atoms with Gasteiger partial charge in [-0.15, -0.1) is 0 Å². The van der Waals surface area contributed by atoms with Gasteiger partial charge < -0.3 is 4.74 Å². The lowest BCUT2D eigenvalue weighted by molar-refractivity contribution is 0.0153. The van der Waals surface area contributed by atoms with E-state index in [1.165, 1.54) is 38.2 Å². The van der Waals surface area contributed by atoms with Crippen molar-refractivity contribution in [1.29, 1.82) is 5.26 Å². The number of nitrogens with zero attached hydrogens (tertiary/aromatic N) is 1. The number of nitriles is 1. The third-order valence-electron chi connectivity index (χ3n) is 5.75. The number of ether oxygens (including phenoxy) is 1. The van der Waals surface area contributed by atoms with Gasteiger partial charge in [-0.05, 0) is 62.5 Å². The van der Waals surface area contributed by atoms with Gasteiger partial charge in [-0.25, -0.2) is 8.78 Å². The minimum Gasteiger partial charge on any atom is -0.378 e. The molecule has 1 fully saturated rings. The van der Waals surface area contributed by atoms with E-state index in [-0.39, 0.29) is 5.56 Å². The molecular formula is C23H33F2NO. The molecule has 150 valence electrons. The Morgan fingerprint density at radius 2 is 1.70 bits per heavy atom. The van der Waals surface area contributed by atoms with Crippen LogP contribution in [0.4, 0.5) is 8.78 Å². The number of hydrogen-bond donors (Lipinski definition) is 0. The van der Waals surface area contributed by atoms with Crippen LogP contribution in [-0.2, 0) is 11.2 Å². The van der Waals surface area contributed by atoms with Crippen LogP contribution < -0.4 is 0 Å². The van der Waals surface area contributed by atoms with Crippen LogP contribution in [0.15, 0.2) is 12.1 Å². The van der Waals surface area contributed by atoms with Crippen molar-refractivity contribution in [3.8, 4) is 6.07 Å². The third-order valence-corrected chi connectivity index (χ3v) is 5.75. The van der Waals surface area contributed by atoms with E-state index in [1.54, 1.807) is 12.1 Å². The summed E-state index contributed by atoms with van der Waals surface area (Å²) >= 11 is 0. The lowest BCUT2D eigenvalue weighted by atomic mass is 9.83. The molecular weight excluding hydrogens is 344 g/mol. The van der Waals surface area contributed by atoms with Crippen molar-refractivity contribution in [3.05, 3.63) is 34.9 Å². The van der Waals surface area contributed by atoms with E-state index in [0.717, 1.165) is 45.1 Å². The van der Waals surface area contributed by atoms with E-state index in [0.29, 0.717) is 24.0 Å². The molecule has 0 heterocycles. The van der Waals surface area contributed by atoms with Crippen LogP contribution in [0.3, 0.4) is 0 Å². The summed E-state index contributed by atoms with van der Waals surface area (Å²) in [6.45, 7) is 3.11. The molecule has 0 unspecified atom stereocenters. The molecule has 4 heteroatoms. The standard InChI is InChI=1S/C23H33F2NO/c1-2-3-4-5-6-7-16-27-21-14-9-18(10-15-21)8-11-19-12-13-20(17-26)23(25)22(19)24/h12-13,18,21H,2-11,14-16H2,1H3. The van der Waals surface area contributed by atoms with E-state index < -0.39 is 11.6 Å². The number of unbranched alkanes of at least 4 members (excludes halogenated alkanes) is 5. The molecule has 0 aliphatic heterocycles. The fourth-order valence-electron chi connectivity index (χ4n) is 3.95. The minimum atomic E-state index is -1.01. The number of halogens is 2. The number of aryl methyl sites for hydroxylation is 1. The molecule has 1 aromatic carbocycles. The fraction of sp³-hybridized carbons (Fsp3) is 0.696. The highest BCUT2D eigenvalue weighted by molar-refractivity contribution is 5.34. The van der Waals surface area contributed by atoms with Gasteiger partial charge in [0, 0.05) is 6.61 Å². The quantitative estimate of drug-likeness (QED) is 0.402. The lowest BCUT2D eigenvalue weighted by Gasteiger charge is -2.28. The predicted octanol–water partition coefficient (Wildman–Crippen LogP) is 6.70.